The molecule has 218 valence electrons. The maximum atomic E-state index is 14.0. The number of aryl methyl sites for hydroxylation is 1. The van der Waals surface area contributed by atoms with E-state index in [0.717, 1.165) is 41.1 Å². The minimum atomic E-state index is -4.15. The van der Waals surface area contributed by atoms with Gasteiger partial charge in [-0.3, -0.25) is 13.9 Å². The predicted octanol–water partition coefficient (Wildman–Crippen LogP) is 5.33. The van der Waals surface area contributed by atoms with Crippen molar-refractivity contribution >= 4 is 39.1 Å². The van der Waals surface area contributed by atoms with Gasteiger partial charge in [0, 0.05) is 17.6 Å². The summed E-state index contributed by atoms with van der Waals surface area (Å²) >= 11 is 6.23. The van der Waals surface area contributed by atoms with Crippen molar-refractivity contribution in [1.82, 2.24) is 10.2 Å². The third kappa shape index (κ3) is 7.59. The number of hydrogen-bond acceptors (Lipinski definition) is 5. The maximum absolute atomic E-state index is 14.0. The van der Waals surface area contributed by atoms with Crippen LogP contribution in [0.5, 0.6) is 5.75 Å². The molecule has 1 atom stereocenters. The number of rotatable bonds is 11. The number of sulfonamides is 1. The first-order valence-corrected chi connectivity index (χ1v) is 15.5. The molecule has 0 aromatic heterocycles. The zero-order chi connectivity index (χ0) is 29.6. The molecule has 41 heavy (non-hydrogen) atoms. The van der Waals surface area contributed by atoms with Crippen molar-refractivity contribution in [3.8, 4) is 5.75 Å². The van der Waals surface area contributed by atoms with Gasteiger partial charge < -0.3 is 15.0 Å². The van der Waals surface area contributed by atoms with Crippen LogP contribution in [0.25, 0.3) is 0 Å². The molecular weight excluding hydrogens is 562 g/mol. The number of ether oxygens (including phenoxy) is 1. The van der Waals surface area contributed by atoms with Crippen molar-refractivity contribution in [3.05, 3.63) is 88.9 Å². The largest absolute Gasteiger partial charge is 0.497 e. The van der Waals surface area contributed by atoms with Crippen LogP contribution < -0.4 is 14.4 Å². The molecule has 1 N–H and O–H groups in total. The lowest BCUT2D eigenvalue weighted by atomic mass is 10.1. The highest BCUT2D eigenvalue weighted by Crippen LogP contribution is 2.27. The molecule has 0 saturated heterocycles. The fourth-order valence-corrected chi connectivity index (χ4v) is 6.49. The minimum Gasteiger partial charge on any atom is -0.497 e. The Morgan fingerprint density at radius 3 is 2.29 bits per heavy atom. The Morgan fingerprint density at radius 1 is 1.02 bits per heavy atom. The second-order valence-electron chi connectivity index (χ2n) is 10.3. The molecule has 3 aromatic carbocycles. The molecular formula is C31H36ClN3O5S. The molecule has 0 bridgehead atoms. The molecule has 8 nitrogen and oxygen atoms in total. The minimum absolute atomic E-state index is 0.0459. The normalized spacial score (nSPS) is 14.3. The van der Waals surface area contributed by atoms with Gasteiger partial charge in [0.05, 0.1) is 17.7 Å². The van der Waals surface area contributed by atoms with Crippen LogP contribution in [0.3, 0.4) is 0 Å². The van der Waals surface area contributed by atoms with Gasteiger partial charge in [0.2, 0.25) is 11.8 Å². The first-order valence-electron chi connectivity index (χ1n) is 13.7. The molecule has 0 heterocycles. The van der Waals surface area contributed by atoms with E-state index in [4.69, 9.17) is 16.3 Å². The summed E-state index contributed by atoms with van der Waals surface area (Å²) < 4.78 is 34.1. The van der Waals surface area contributed by atoms with Gasteiger partial charge in [-0.25, -0.2) is 8.42 Å². The molecule has 0 spiro atoms. The van der Waals surface area contributed by atoms with Gasteiger partial charge in [-0.1, -0.05) is 60.3 Å². The predicted molar refractivity (Wildman–Crippen MR) is 161 cm³/mol. The van der Waals surface area contributed by atoms with Crippen molar-refractivity contribution in [2.75, 3.05) is 18.0 Å². The third-order valence-corrected chi connectivity index (χ3v) is 9.39. The number of anilines is 1. The van der Waals surface area contributed by atoms with E-state index in [9.17, 15) is 18.0 Å². The Balaban J connectivity index is 1.68. The number of nitrogens with zero attached hydrogens (tertiary/aromatic N) is 2. The summed E-state index contributed by atoms with van der Waals surface area (Å²) in [6.07, 6.45) is 3.92. The van der Waals surface area contributed by atoms with Crippen LogP contribution in [0.15, 0.2) is 77.7 Å². The molecule has 2 amide bonds. The van der Waals surface area contributed by atoms with E-state index in [1.807, 2.05) is 19.1 Å². The second kappa shape index (κ2) is 13.4. The SMILES string of the molecule is COc1ccc(CN(C(=O)CN(c2cccc(Cl)c2)S(=O)(=O)c2ccc(C)cc2)[C@@H](C)C(=O)NC2CCCC2)cc1. The number of methoxy groups -OCH3 is 1. The van der Waals surface area contributed by atoms with Crippen molar-refractivity contribution in [2.24, 2.45) is 0 Å². The number of halogens is 1. The number of amides is 2. The van der Waals surface area contributed by atoms with E-state index in [1.54, 1.807) is 56.5 Å². The molecule has 0 unspecified atom stereocenters. The Kier molecular flexibility index (Phi) is 9.94. The van der Waals surface area contributed by atoms with Crippen LogP contribution >= 0.6 is 11.6 Å². The second-order valence-corrected chi connectivity index (χ2v) is 12.6. The Morgan fingerprint density at radius 2 is 1.68 bits per heavy atom. The van der Waals surface area contributed by atoms with E-state index < -0.39 is 28.5 Å². The van der Waals surface area contributed by atoms with E-state index in [-0.39, 0.29) is 29.1 Å². The summed E-state index contributed by atoms with van der Waals surface area (Å²) in [5.74, 6) is -0.130. The summed E-state index contributed by atoms with van der Waals surface area (Å²) in [4.78, 5) is 28.8. The standard InChI is InChI=1S/C31H36ClN3O5S/c1-22-11-17-29(18-12-22)41(38,39)35(27-10-6-7-25(32)19-27)21-30(36)34(20-24-13-15-28(40-3)16-14-24)23(2)31(37)33-26-8-4-5-9-26/h6-7,10-19,23,26H,4-5,8-9,20-21H2,1-3H3,(H,33,37)/t23-/m0/s1. The fourth-order valence-electron chi connectivity index (χ4n) is 4.90. The highest BCUT2D eigenvalue weighted by molar-refractivity contribution is 7.92. The summed E-state index contributed by atoms with van der Waals surface area (Å²) in [7, 11) is -2.58. The maximum Gasteiger partial charge on any atom is 0.264 e. The monoisotopic (exact) mass is 597 g/mol. The Labute approximate surface area is 247 Å². The van der Waals surface area contributed by atoms with Crippen molar-refractivity contribution in [1.29, 1.82) is 0 Å². The number of benzene rings is 3. The van der Waals surface area contributed by atoms with Gasteiger partial charge in [0.15, 0.2) is 0 Å². The quantitative estimate of drug-likeness (QED) is 0.322. The Hall–Kier alpha value is -3.56. The average molecular weight is 598 g/mol. The van der Waals surface area contributed by atoms with Crippen molar-refractivity contribution < 1.29 is 22.7 Å². The molecule has 4 rings (SSSR count). The molecule has 3 aromatic rings. The molecule has 1 fully saturated rings. The summed E-state index contributed by atoms with van der Waals surface area (Å²) in [5, 5.41) is 3.40. The van der Waals surface area contributed by atoms with Crippen LogP contribution in [0.4, 0.5) is 5.69 Å². The zero-order valence-electron chi connectivity index (χ0n) is 23.5. The van der Waals surface area contributed by atoms with Crippen LogP contribution in [0.1, 0.15) is 43.7 Å². The van der Waals surface area contributed by atoms with E-state index in [1.165, 1.54) is 23.1 Å². The fraction of sp³-hybridized carbons (Fsp3) is 0.355. The number of nitrogens with one attached hydrogen (secondary N) is 1. The van der Waals surface area contributed by atoms with Gasteiger partial charge in [0.1, 0.15) is 18.3 Å². The van der Waals surface area contributed by atoms with E-state index >= 15 is 0 Å². The van der Waals surface area contributed by atoms with E-state index in [0.29, 0.717) is 10.8 Å². The highest BCUT2D eigenvalue weighted by Gasteiger charge is 2.33. The zero-order valence-corrected chi connectivity index (χ0v) is 25.1. The van der Waals surface area contributed by atoms with Gasteiger partial charge in [-0.15, -0.1) is 0 Å². The first-order chi connectivity index (χ1) is 19.6. The van der Waals surface area contributed by atoms with Crippen LogP contribution in [0, 0.1) is 6.92 Å². The number of carbonyl (C=O) groups is 2. The summed E-state index contributed by atoms with van der Waals surface area (Å²) in [6.45, 7) is 3.12. The lowest BCUT2D eigenvalue weighted by Crippen LogP contribution is -2.52. The summed E-state index contributed by atoms with van der Waals surface area (Å²) in [5.41, 5.74) is 1.93. The molecule has 1 aliphatic rings. The number of hydrogen-bond donors (Lipinski definition) is 1. The van der Waals surface area contributed by atoms with Gasteiger partial charge in [-0.05, 0) is 74.7 Å². The topological polar surface area (TPSA) is 96.0 Å². The molecule has 1 saturated carbocycles. The van der Waals surface area contributed by atoms with Crippen LogP contribution in [-0.4, -0.2) is 50.9 Å². The van der Waals surface area contributed by atoms with Crippen LogP contribution in [-0.2, 0) is 26.2 Å². The Bertz CT molecular complexity index is 1460. The van der Waals surface area contributed by atoms with Crippen LogP contribution in [0.2, 0.25) is 5.02 Å². The van der Waals surface area contributed by atoms with Gasteiger partial charge in [-0.2, -0.15) is 0 Å². The first kappa shape index (κ1) is 30.4. The summed E-state index contributed by atoms with van der Waals surface area (Å²) in [6, 6.07) is 19.2. The molecule has 0 radical (unpaired) electrons. The van der Waals surface area contributed by atoms with E-state index in [2.05, 4.69) is 5.32 Å². The lowest BCUT2D eigenvalue weighted by Gasteiger charge is -2.32. The molecule has 10 heteroatoms. The molecule has 1 aliphatic carbocycles. The molecule has 0 aliphatic heterocycles. The van der Waals surface area contributed by atoms with Gasteiger partial charge in [0.25, 0.3) is 10.0 Å². The third-order valence-electron chi connectivity index (χ3n) is 7.36. The lowest BCUT2D eigenvalue weighted by molar-refractivity contribution is -0.139. The van der Waals surface area contributed by atoms with Crippen molar-refractivity contribution in [3.63, 3.8) is 0 Å². The number of carbonyl (C=O) groups excluding carboxylic acids is 2. The average Bonchev–Trinajstić information content (AvgIpc) is 3.47. The van der Waals surface area contributed by atoms with Gasteiger partial charge >= 0.3 is 0 Å². The smallest absolute Gasteiger partial charge is 0.264 e. The van der Waals surface area contributed by atoms with Crippen molar-refractivity contribution in [2.45, 2.75) is 63.1 Å². The highest BCUT2D eigenvalue weighted by atomic mass is 35.5.